The van der Waals surface area contributed by atoms with Gasteiger partial charge in [-0.1, -0.05) is 72.8 Å². The zero-order valence-corrected chi connectivity index (χ0v) is 32.7. The van der Waals surface area contributed by atoms with E-state index < -0.39 is 35.9 Å². The molecule has 0 spiro atoms. The summed E-state index contributed by atoms with van der Waals surface area (Å²) in [5.74, 6) is -3.09. The Balaban J connectivity index is 1.19. The molecule has 3 saturated heterocycles. The zero-order valence-electron chi connectivity index (χ0n) is 31.9. The number of alkyl halides is 3. The fourth-order valence-corrected chi connectivity index (χ4v) is 9.74. The first-order chi connectivity index (χ1) is 27.0. The monoisotopic (exact) mass is 791 g/mol. The smallest absolute Gasteiger partial charge is 0.393 e. The molecule has 300 valence electrons. The Bertz CT molecular complexity index is 1800. The van der Waals surface area contributed by atoms with Crippen LogP contribution in [0.4, 0.5) is 18.9 Å². The minimum absolute atomic E-state index is 0.000354. The molecule has 8 nitrogen and oxygen atoms in total. The van der Waals surface area contributed by atoms with Gasteiger partial charge in [-0.25, -0.2) is 0 Å². The molecule has 0 aromatic heterocycles. The van der Waals surface area contributed by atoms with Gasteiger partial charge in [0.2, 0.25) is 17.7 Å². The Morgan fingerprint density at radius 1 is 0.821 bits per heavy atom. The number of Topliss-reactive ketones (excluding diaryl/α,β-unsaturated/α-hetero) is 1. The molecule has 3 fully saturated rings. The van der Waals surface area contributed by atoms with Crippen molar-refractivity contribution in [2.24, 2.45) is 23.7 Å². The summed E-state index contributed by atoms with van der Waals surface area (Å²) in [5.41, 5.74) is 2.56. The second-order valence-corrected chi connectivity index (χ2v) is 16.6. The average Bonchev–Trinajstić information content (AvgIpc) is 3.48. The van der Waals surface area contributed by atoms with Gasteiger partial charge in [-0.3, -0.25) is 19.2 Å². The molecular weight excluding hydrogens is 740 g/mol. The second kappa shape index (κ2) is 19.2. The summed E-state index contributed by atoms with van der Waals surface area (Å²) >= 11 is 1.51. The number of nitrogens with one attached hydrogen (secondary N) is 1. The summed E-state index contributed by atoms with van der Waals surface area (Å²) in [4.78, 5) is 59.5. The number of amides is 3. The summed E-state index contributed by atoms with van der Waals surface area (Å²) in [7, 11) is 1.56. The van der Waals surface area contributed by atoms with Crippen molar-refractivity contribution < 1.29 is 37.1 Å². The molecule has 6 rings (SSSR count). The van der Waals surface area contributed by atoms with E-state index in [0.29, 0.717) is 62.3 Å². The molecule has 12 heteroatoms. The quantitative estimate of drug-likeness (QED) is 0.178. The summed E-state index contributed by atoms with van der Waals surface area (Å²) in [6.45, 7) is 0.139. The van der Waals surface area contributed by atoms with Gasteiger partial charge in [0.1, 0.15) is 17.6 Å². The first-order valence-electron chi connectivity index (χ1n) is 19.9. The van der Waals surface area contributed by atoms with Crippen LogP contribution in [0.1, 0.15) is 68.9 Å². The van der Waals surface area contributed by atoms with Crippen molar-refractivity contribution in [3.63, 3.8) is 0 Å². The molecule has 3 aliphatic rings. The number of nitrogens with zero attached hydrogens (tertiary/aromatic N) is 2. The third kappa shape index (κ3) is 10.5. The van der Waals surface area contributed by atoms with E-state index in [1.807, 2.05) is 84.9 Å². The molecule has 56 heavy (non-hydrogen) atoms. The molecule has 0 bridgehead atoms. The highest BCUT2D eigenvalue weighted by Crippen LogP contribution is 2.41. The molecule has 3 aliphatic heterocycles. The summed E-state index contributed by atoms with van der Waals surface area (Å²) in [6.07, 6.45) is -0.151. The minimum atomic E-state index is -4.38. The number of carbonyl (C=O) groups is 4. The Kier molecular flexibility index (Phi) is 14.2. The van der Waals surface area contributed by atoms with Crippen LogP contribution in [0.2, 0.25) is 0 Å². The highest BCUT2D eigenvalue weighted by Gasteiger charge is 2.47. The maximum atomic E-state index is 14.3. The van der Waals surface area contributed by atoms with Crippen LogP contribution in [0.5, 0.6) is 5.75 Å². The number of rotatable bonds is 14. The van der Waals surface area contributed by atoms with Crippen molar-refractivity contribution in [3.8, 4) is 5.75 Å². The van der Waals surface area contributed by atoms with Crippen LogP contribution in [0.15, 0.2) is 84.9 Å². The number of para-hydroxylation sites is 2. The molecule has 3 aromatic carbocycles. The molecule has 6 atom stereocenters. The lowest BCUT2D eigenvalue weighted by atomic mass is 9.82. The Hall–Kier alpha value is -4.32. The number of fused-ring (bicyclic) bond motifs is 1. The van der Waals surface area contributed by atoms with Crippen molar-refractivity contribution in [1.29, 1.82) is 0 Å². The van der Waals surface area contributed by atoms with E-state index in [1.54, 1.807) is 12.0 Å². The first-order valence-corrected chi connectivity index (χ1v) is 20.9. The summed E-state index contributed by atoms with van der Waals surface area (Å²) in [6, 6.07) is 25.9. The molecule has 0 saturated carbocycles. The normalized spacial score (nSPS) is 23.0. The summed E-state index contributed by atoms with van der Waals surface area (Å²) < 4.78 is 46.7. The van der Waals surface area contributed by atoms with E-state index in [2.05, 4.69) is 5.32 Å². The maximum absolute atomic E-state index is 14.3. The fraction of sp³-hybridized carbons (Fsp3) is 0.500. The maximum Gasteiger partial charge on any atom is 0.393 e. The number of hydrogen-bond donors (Lipinski definition) is 1. The molecular formula is C44H52F3N3O5S. The number of piperidine rings is 1. The van der Waals surface area contributed by atoms with E-state index in [9.17, 15) is 32.3 Å². The van der Waals surface area contributed by atoms with Gasteiger partial charge < -0.3 is 19.9 Å². The predicted molar refractivity (Wildman–Crippen MR) is 212 cm³/mol. The molecule has 2 unspecified atom stereocenters. The van der Waals surface area contributed by atoms with Crippen molar-refractivity contribution in [3.05, 3.63) is 96.1 Å². The van der Waals surface area contributed by atoms with E-state index >= 15 is 0 Å². The van der Waals surface area contributed by atoms with E-state index in [4.69, 9.17) is 4.74 Å². The standard InChI is InChI=1S/C44H52F3N3O5S/c1-55-39-18-9-8-17-37(39)49-24-11-10-16-36(43(49)54)48-41(52)33(27-31-14-6-3-7-15-31)20-19-32(26-30-12-4-2-5-13-30)38(51)28-34-23-25-56-40-22-21-35(44(45,46)47)29-50(40)42(34)53/h2-9,12-15,17-18,32-36,40H,10-11,16,19-29H2,1H3,(H,48,52)/t32?,33-,34-,35+,36?,40+/m1/s1. The number of anilines is 1. The number of carbonyl (C=O) groups excluding carboxylic acids is 4. The first kappa shape index (κ1) is 41.3. The second-order valence-electron chi connectivity index (χ2n) is 15.4. The van der Waals surface area contributed by atoms with Gasteiger partial charge in [0.05, 0.1) is 24.1 Å². The van der Waals surface area contributed by atoms with Crippen LogP contribution < -0.4 is 15.0 Å². The largest absolute Gasteiger partial charge is 0.495 e. The van der Waals surface area contributed by atoms with Crippen LogP contribution in [-0.2, 0) is 32.0 Å². The minimum Gasteiger partial charge on any atom is -0.495 e. The number of hydrogen-bond acceptors (Lipinski definition) is 6. The average molecular weight is 792 g/mol. The predicted octanol–water partition coefficient (Wildman–Crippen LogP) is 8.03. The molecule has 0 radical (unpaired) electrons. The van der Waals surface area contributed by atoms with Crippen molar-refractivity contribution in [1.82, 2.24) is 10.2 Å². The van der Waals surface area contributed by atoms with Gasteiger partial charge in [0.25, 0.3) is 0 Å². The highest BCUT2D eigenvalue weighted by atomic mass is 32.2. The Labute approximate surface area is 331 Å². The molecule has 3 amide bonds. The van der Waals surface area contributed by atoms with Crippen molar-refractivity contribution in [2.75, 3.05) is 30.9 Å². The van der Waals surface area contributed by atoms with Gasteiger partial charge in [-0.2, -0.15) is 13.2 Å². The van der Waals surface area contributed by atoms with Crippen LogP contribution in [0.3, 0.4) is 0 Å². The summed E-state index contributed by atoms with van der Waals surface area (Å²) in [5, 5.41) is 2.79. The van der Waals surface area contributed by atoms with Gasteiger partial charge >= 0.3 is 6.18 Å². The molecule has 0 aliphatic carbocycles. The topological polar surface area (TPSA) is 96.0 Å². The van der Waals surface area contributed by atoms with Gasteiger partial charge in [0.15, 0.2) is 0 Å². The number of benzene rings is 3. The number of ether oxygens (including phenoxy) is 1. The number of ketones is 1. The van der Waals surface area contributed by atoms with Crippen LogP contribution >= 0.6 is 11.8 Å². The van der Waals surface area contributed by atoms with E-state index in [-0.39, 0.29) is 54.7 Å². The lowest BCUT2D eigenvalue weighted by molar-refractivity contribution is -0.189. The fourth-order valence-electron chi connectivity index (χ4n) is 8.38. The van der Waals surface area contributed by atoms with Crippen LogP contribution in [0.25, 0.3) is 0 Å². The van der Waals surface area contributed by atoms with Gasteiger partial charge in [-0.15, -0.1) is 11.8 Å². The van der Waals surface area contributed by atoms with Crippen LogP contribution in [-0.4, -0.2) is 71.9 Å². The lowest BCUT2D eigenvalue weighted by Gasteiger charge is -2.39. The molecule has 3 aromatic rings. The highest BCUT2D eigenvalue weighted by molar-refractivity contribution is 7.99. The third-order valence-corrected chi connectivity index (χ3v) is 12.9. The Morgan fingerprint density at radius 2 is 1.46 bits per heavy atom. The number of methoxy groups -OCH3 is 1. The van der Waals surface area contributed by atoms with Crippen molar-refractivity contribution >= 4 is 41.0 Å². The van der Waals surface area contributed by atoms with Crippen molar-refractivity contribution in [2.45, 2.75) is 88.2 Å². The van der Waals surface area contributed by atoms with Gasteiger partial charge in [0, 0.05) is 37.3 Å². The Morgan fingerprint density at radius 3 is 2.14 bits per heavy atom. The lowest BCUT2D eigenvalue weighted by Crippen LogP contribution is -2.50. The van der Waals surface area contributed by atoms with Gasteiger partial charge in [-0.05, 0) is 93.2 Å². The van der Waals surface area contributed by atoms with Crippen LogP contribution in [0, 0.1) is 23.7 Å². The number of halogens is 3. The molecule has 1 N–H and O–H groups in total. The number of thioether (sulfide) groups is 1. The van der Waals surface area contributed by atoms with E-state index in [0.717, 1.165) is 24.0 Å². The zero-order chi connectivity index (χ0) is 39.7. The molecule has 3 heterocycles. The SMILES string of the molecule is COc1ccccc1N1CCCCC(NC(=O)[C@H](CCC(Cc2ccccc2)C(=O)C[C@H]2CCS[C@H]3CC[C@H](C(F)(F)F)CN3C2=O)Cc2ccccc2)C1=O. The van der Waals surface area contributed by atoms with E-state index in [1.165, 1.54) is 16.7 Å². The third-order valence-electron chi connectivity index (χ3n) is 11.6.